The number of benzene rings is 2. The number of aromatic nitrogens is 4. The molecule has 3 rings (SSSR count). The summed E-state index contributed by atoms with van der Waals surface area (Å²) in [4.78, 5) is 24.7. The van der Waals surface area contributed by atoms with E-state index in [0.29, 0.717) is 17.9 Å². The Labute approximate surface area is 161 Å². The molecule has 0 bridgehead atoms. The van der Waals surface area contributed by atoms with E-state index >= 15 is 0 Å². The lowest BCUT2D eigenvalue weighted by molar-refractivity contribution is -0.151. The SMILES string of the molecule is COc1ccccc1NC(=O)COC(=O)[C@H](Cc1ccccc1)n1cnnn1. The highest BCUT2D eigenvalue weighted by atomic mass is 16.5. The van der Waals surface area contributed by atoms with Crippen LogP contribution in [0.1, 0.15) is 11.6 Å². The average Bonchev–Trinajstić information content (AvgIpc) is 3.26. The number of nitrogens with one attached hydrogen (secondary N) is 1. The molecule has 1 aromatic heterocycles. The lowest BCUT2D eigenvalue weighted by Crippen LogP contribution is -2.28. The Bertz CT molecular complexity index is 915. The van der Waals surface area contributed by atoms with Crippen molar-refractivity contribution in [3.05, 3.63) is 66.5 Å². The highest BCUT2D eigenvalue weighted by Crippen LogP contribution is 2.23. The lowest BCUT2D eigenvalue weighted by Gasteiger charge is -2.16. The number of anilines is 1. The van der Waals surface area contributed by atoms with Crippen molar-refractivity contribution in [1.82, 2.24) is 20.2 Å². The van der Waals surface area contributed by atoms with E-state index in [2.05, 4.69) is 20.8 Å². The first-order chi connectivity index (χ1) is 13.7. The summed E-state index contributed by atoms with van der Waals surface area (Å²) in [6, 6.07) is 15.6. The number of methoxy groups -OCH3 is 1. The third kappa shape index (κ3) is 4.91. The van der Waals surface area contributed by atoms with E-state index in [1.165, 1.54) is 18.1 Å². The molecule has 0 aliphatic carbocycles. The summed E-state index contributed by atoms with van der Waals surface area (Å²) in [6.45, 7) is -0.440. The maximum Gasteiger partial charge on any atom is 0.331 e. The van der Waals surface area contributed by atoms with Gasteiger partial charge in [0, 0.05) is 6.42 Å². The number of esters is 1. The molecule has 144 valence electrons. The number of carbonyl (C=O) groups is 2. The van der Waals surface area contributed by atoms with Crippen LogP contribution in [0.2, 0.25) is 0 Å². The predicted octanol–water partition coefficient (Wildman–Crippen LogP) is 1.65. The van der Waals surface area contributed by atoms with Crippen molar-refractivity contribution in [3.8, 4) is 5.75 Å². The predicted molar refractivity (Wildman–Crippen MR) is 99.6 cm³/mol. The largest absolute Gasteiger partial charge is 0.495 e. The topological polar surface area (TPSA) is 108 Å². The molecule has 0 spiro atoms. The number of amides is 1. The van der Waals surface area contributed by atoms with E-state index in [4.69, 9.17) is 9.47 Å². The second-order valence-corrected chi connectivity index (χ2v) is 5.85. The summed E-state index contributed by atoms with van der Waals surface area (Å²) in [5.41, 5.74) is 1.41. The van der Waals surface area contributed by atoms with Crippen LogP contribution in [-0.4, -0.2) is 45.8 Å². The monoisotopic (exact) mass is 381 g/mol. The van der Waals surface area contributed by atoms with Gasteiger partial charge in [-0.3, -0.25) is 4.79 Å². The smallest absolute Gasteiger partial charge is 0.331 e. The molecule has 2 aromatic carbocycles. The Hall–Kier alpha value is -3.75. The molecule has 0 aliphatic heterocycles. The van der Waals surface area contributed by atoms with Gasteiger partial charge in [0.05, 0.1) is 12.8 Å². The van der Waals surface area contributed by atoms with Crippen LogP contribution in [0, 0.1) is 0 Å². The Morgan fingerprint density at radius 3 is 2.57 bits per heavy atom. The van der Waals surface area contributed by atoms with Gasteiger partial charge in [-0.15, -0.1) is 5.10 Å². The number of hydrogen-bond acceptors (Lipinski definition) is 7. The van der Waals surface area contributed by atoms with Crippen LogP contribution in [0.5, 0.6) is 5.75 Å². The molecule has 28 heavy (non-hydrogen) atoms. The van der Waals surface area contributed by atoms with Crippen molar-refractivity contribution < 1.29 is 19.1 Å². The summed E-state index contributed by atoms with van der Waals surface area (Å²) in [5.74, 6) is -0.572. The molecular weight excluding hydrogens is 362 g/mol. The summed E-state index contributed by atoms with van der Waals surface area (Å²) in [7, 11) is 1.51. The van der Waals surface area contributed by atoms with E-state index < -0.39 is 24.5 Å². The zero-order chi connectivity index (χ0) is 19.8. The normalized spacial score (nSPS) is 11.5. The Morgan fingerprint density at radius 1 is 1.11 bits per heavy atom. The first-order valence-electron chi connectivity index (χ1n) is 8.53. The van der Waals surface area contributed by atoms with Crippen LogP contribution in [-0.2, 0) is 20.7 Å². The molecule has 1 heterocycles. The molecule has 0 radical (unpaired) electrons. The summed E-state index contributed by atoms with van der Waals surface area (Å²) in [5, 5.41) is 13.6. The first-order valence-corrected chi connectivity index (χ1v) is 8.53. The van der Waals surface area contributed by atoms with E-state index in [-0.39, 0.29) is 0 Å². The third-order valence-electron chi connectivity index (χ3n) is 3.95. The lowest BCUT2D eigenvalue weighted by atomic mass is 10.1. The van der Waals surface area contributed by atoms with Gasteiger partial charge in [-0.25, -0.2) is 9.48 Å². The number of para-hydroxylation sites is 2. The van der Waals surface area contributed by atoms with Gasteiger partial charge in [0.2, 0.25) is 0 Å². The number of hydrogen-bond donors (Lipinski definition) is 1. The molecule has 0 fully saturated rings. The molecule has 0 aliphatic rings. The molecule has 3 aromatic rings. The van der Waals surface area contributed by atoms with Gasteiger partial charge >= 0.3 is 5.97 Å². The van der Waals surface area contributed by atoms with Crippen molar-refractivity contribution in [3.63, 3.8) is 0 Å². The van der Waals surface area contributed by atoms with Crippen LogP contribution in [0.15, 0.2) is 60.9 Å². The second-order valence-electron chi connectivity index (χ2n) is 5.85. The maximum absolute atomic E-state index is 12.6. The van der Waals surface area contributed by atoms with Crippen molar-refractivity contribution in [2.75, 3.05) is 19.0 Å². The van der Waals surface area contributed by atoms with Crippen LogP contribution in [0.3, 0.4) is 0 Å². The van der Waals surface area contributed by atoms with E-state index in [1.54, 1.807) is 24.3 Å². The summed E-state index contributed by atoms with van der Waals surface area (Å²) in [6.07, 6.45) is 1.67. The minimum absolute atomic E-state index is 0.332. The van der Waals surface area contributed by atoms with Gasteiger partial charge < -0.3 is 14.8 Å². The summed E-state index contributed by atoms with van der Waals surface area (Å²) >= 11 is 0. The zero-order valence-electron chi connectivity index (χ0n) is 15.2. The Kier molecular flexibility index (Phi) is 6.29. The molecule has 9 nitrogen and oxygen atoms in total. The van der Waals surface area contributed by atoms with Crippen molar-refractivity contribution in [2.45, 2.75) is 12.5 Å². The minimum Gasteiger partial charge on any atom is -0.495 e. The van der Waals surface area contributed by atoms with Crippen molar-refractivity contribution in [1.29, 1.82) is 0 Å². The van der Waals surface area contributed by atoms with E-state index in [9.17, 15) is 9.59 Å². The maximum atomic E-state index is 12.6. The highest BCUT2D eigenvalue weighted by Gasteiger charge is 2.24. The molecule has 0 saturated carbocycles. The van der Waals surface area contributed by atoms with Gasteiger partial charge in [0.25, 0.3) is 5.91 Å². The molecule has 9 heteroatoms. The molecule has 1 N–H and O–H groups in total. The van der Waals surface area contributed by atoms with Crippen LogP contribution in [0.25, 0.3) is 0 Å². The van der Waals surface area contributed by atoms with Crippen molar-refractivity contribution in [2.24, 2.45) is 0 Å². The molecule has 0 unspecified atom stereocenters. The number of ether oxygens (including phenoxy) is 2. The number of nitrogens with zero attached hydrogens (tertiary/aromatic N) is 4. The van der Waals surface area contributed by atoms with Gasteiger partial charge in [0.1, 0.15) is 12.1 Å². The highest BCUT2D eigenvalue weighted by molar-refractivity contribution is 5.94. The van der Waals surface area contributed by atoms with Crippen LogP contribution in [0.4, 0.5) is 5.69 Å². The summed E-state index contributed by atoms with van der Waals surface area (Å²) < 4.78 is 11.7. The van der Waals surface area contributed by atoms with Gasteiger partial charge in [-0.2, -0.15) is 0 Å². The van der Waals surface area contributed by atoms with Crippen LogP contribution < -0.4 is 10.1 Å². The molecule has 1 atom stereocenters. The average molecular weight is 381 g/mol. The van der Waals surface area contributed by atoms with Crippen LogP contribution >= 0.6 is 0 Å². The van der Waals surface area contributed by atoms with E-state index in [1.807, 2.05) is 30.3 Å². The van der Waals surface area contributed by atoms with Gasteiger partial charge in [-0.05, 0) is 28.1 Å². The van der Waals surface area contributed by atoms with Crippen molar-refractivity contribution >= 4 is 17.6 Å². The zero-order valence-corrected chi connectivity index (χ0v) is 15.2. The quantitative estimate of drug-likeness (QED) is 0.591. The fraction of sp³-hybridized carbons (Fsp3) is 0.211. The molecule has 1 amide bonds. The van der Waals surface area contributed by atoms with Gasteiger partial charge in [0.15, 0.2) is 12.6 Å². The first kappa shape index (κ1) is 19.0. The Morgan fingerprint density at radius 2 is 1.86 bits per heavy atom. The molecular formula is C19H19N5O4. The fourth-order valence-corrected chi connectivity index (χ4v) is 2.60. The minimum atomic E-state index is -0.781. The third-order valence-corrected chi connectivity index (χ3v) is 3.95. The Balaban J connectivity index is 1.62. The number of rotatable bonds is 8. The fourth-order valence-electron chi connectivity index (χ4n) is 2.60. The standard InChI is InChI=1S/C19H19N5O4/c1-27-17-10-6-5-9-15(17)21-18(25)12-28-19(26)16(24-13-20-22-23-24)11-14-7-3-2-4-8-14/h2-10,13,16H,11-12H2,1H3,(H,21,25)/t16-/m0/s1. The number of carbonyl (C=O) groups excluding carboxylic acids is 2. The van der Waals surface area contributed by atoms with Gasteiger partial charge in [-0.1, -0.05) is 42.5 Å². The molecule has 0 saturated heterocycles. The second kappa shape index (κ2) is 9.26. The van der Waals surface area contributed by atoms with E-state index in [0.717, 1.165) is 5.56 Å². The number of tetrazole rings is 1.